The number of pyridine rings is 1. The number of nitrogens with zero attached hydrogens (tertiary/aromatic N) is 9. The summed E-state index contributed by atoms with van der Waals surface area (Å²) in [6, 6.07) is 10.8. The van der Waals surface area contributed by atoms with E-state index in [1.807, 2.05) is 43.1 Å². The van der Waals surface area contributed by atoms with Crippen molar-refractivity contribution < 1.29 is 9.13 Å². The number of hydrogen-bond donors (Lipinski definition) is 0. The van der Waals surface area contributed by atoms with Crippen molar-refractivity contribution in [2.45, 2.75) is 13.0 Å². The minimum Gasteiger partial charge on any atom is -0.494 e. The normalized spacial score (nSPS) is 20.1. The third-order valence-electron chi connectivity index (χ3n) is 7.18. The Bertz CT molecular complexity index is 1510. The molecule has 0 spiro atoms. The van der Waals surface area contributed by atoms with Crippen LogP contribution in [-0.2, 0) is 7.05 Å². The zero-order valence-corrected chi connectivity index (χ0v) is 20.7. The first kappa shape index (κ1) is 23.1. The molecule has 1 aliphatic carbocycles. The fourth-order valence-electron chi connectivity index (χ4n) is 5.35. The Labute approximate surface area is 212 Å². The van der Waals surface area contributed by atoms with Crippen molar-refractivity contribution in [3.8, 4) is 22.7 Å². The molecule has 190 valence electrons. The summed E-state index contributed by atoms with van der Waals surface area (Å²) in [6.45, 7) is 4.08. The van der Waals surface area contributed by atoms with E-state index < -0.39 is 5.82 Å². The first-order chi connectivity index (χ1) is 18.0. The van der Waals surface area contributed by atoms with Crippen LogP contribution >= 0.6 is 0 Å². The van der Waals surface area contributed by atoms with Gasteiger partial charge < -0.3 is 14.5 Å². The molecule has 1 saturated carbocycles. The van der Waals surface area contributed by atoms with Crippen molar-refractivity contribution in [3.63, 3.8) is 0 Å². The third-order valence-corrected chi connectivity index (χ3v) is 7.18. The fourth-order valence-corrected chi connectivity index (χ4v) is 5.35. The number of benzene rings is 1. The summed E-state index contributed by atoms with van der Waals surface area (Å²) in [4.78, 5) is 25.4. The molecular formula is C25H26FN9O2. The highest BCUT2D eigenvalue weighted by molar-refractivity contribution is 5.61. The lowest BCUT2D eigenvalue weighted by molar-refractivity contribution is 0.340. The second kappa shape index (κ2) is 8.95. The van der Waals surface area contributed by atoms with Crippen LogP contribution in [0, 0.1) is 17.7 Å². The number of ether oxygens (including phenoxy) is 1. The second-order valence-corrected chi connectivity index (χ2v) is 9.35. The quantitative estimate of drug-likeness (QED) is 0.374. The number of halogens is 1. The van der Waals surface area contributed by atoms with Gasteiger partial charge in [-0.3, -0.25) is 14.3 Å². The van der Waals surface area contributed by atoms with Gasteiger partial charge in [0.25, 0.3) is 5.56 Å². The summed E-state index contributed by atoms with van der Waals surface area (Å²) in [5.41, 5.74) is 1.14. The van der Waals surface area contributed by atoms with Gasteiger partial charge in [-0.15, -0.1) is 0 Å². The van der Waals surface area contributed by atoms with Crippen LogP contribution < -0.4 is 20.1 Å². The molecule has 2 aliphatic rings. The van der Waals surface area contributed by atoms with Crippen molar-refractivity contribution in [2.75, 3.05) is 36.5 Å². The first-order valence-corrected chi connectivity index (χ1v) is 12.1. The molecule has 1 aliphatic heterocycles. The van der Waals surface area contributed by atoms with E-state index >= 15 is 0 Å². The molecule has 2 fully saturated rings. The molecule has 0 N–H and O–H groups in total. The van der Waals surface area contributed by atoms with Crippen LogP contribution in [0.2, 0.25) is 0 Å². The SMILES string of the molecule is CCOc1cccc(-n2nnnc2N2C[C@@H]3[C@H](C2)[C@H]3N(C)c2nc(-c3ccncc3F)cc(=O)n2C)c1. The topological polar surface area (TPSA) is 107 Å². The molecule has 0 radical (unpaired) electrons. The summed E-state index contributed by atoms with van der Waals surface area (Å²) >= 11 is 0. The number of piperidine rings is 1. The minimum atomic E-state index is -0.514. The van der Waals surface area contributed by atoms with E-state index in [0.29, 0.717) is 36.0 Å². The van der Waals surface area contributed by atoms with Gasteiger partial charge in [-0.25, -0.2) is 9.37 Å². The molecule has 0 amide bonds. The molecule has 4 aromatic rings. The molecule has 3 aromatic heterocycles. The lowest BCUT2D eigenvalue weighted by Crippen LogP contribution is -2.37. The zero-order valence-electron chi connectivity index (χ0n) is 20.7. The Balaban J connectivity index is 1.21. The maximum Gasteiger partial charge on any atom is 0.255 e. The van der Waals surface area contributed by atoms with Gasteiger partial charge >= 0.3 is 0 Å². The van der Waals surface area contributed by atoms with Crippen molar-refractivity contribution in [1.82, 2.24) is 34.7 Å². The molecule has 1 aromatic carbocycles. The molecule has 37 heavy (non-hydrogen) atoms. The number of aromatic nitrogens is 7. The molecule has 3 atom stereocenters. The van der Waals surface area contributed by atoms with Gasteiger partial charge in [0.15, 0.2) is 5.82 Å². The van der Waals surface area contributed by atoms with Crippen LogP contribution in [0.5, 0.6) is 5.75 Å². The molecule has 1 saturated heterocycles. The second-order valence-electron chi connectivity index (χ2n) is 9.35. The number of hydrogen-bond acceptors (Lipinski definition) is 9. The number of fused-ring (bicyclic) bond motifs is 1. The predicted octanol–water partition coefficient (Wildman–Crippen LogP) is 1.93. The first-order valence-electron chi connectivity index (χ1n) is 12.1. The van der Waals surface area contributed by atoms with Crippen LogP contribution in [0.25, 0.3) is 16.9 Å². The van der Waals surface area contributed by atoms with Crippen LogP contribution in [0.1, 0.15) is 6.92 Å². The molecule has 11 nitrogen and oxygen atoms in total. The highest BCUT2D eigenvalue weighted by atomic mass is 19.1. The Morgan fingerprint density at radius 1 is 1.19 bits per heavy atom. The smallest absolute Gasteiger partial charge is 0.255 e. The summed E-state index contributed by atoms with van der Waals surface area (Å²) in [7, 11) is 3.62. The Morgan fingerprint density at radius 2 is 2.00 bits per heavy atom. The Hall–Kier alpha value is -4.35. The van der Waals surface area contributed by atoms with Crippen LogP contribution in [0.4, 0.5) is 16.3 Å². The average molecular weight is 504 g/mol. The molecule has 4 heterocycles. The van der Waals surface area contributed by atoms with Gasteiger partial charge in [-0.1, -0.05) is 11.2 Å². The average Bonchev–Trinajstić information content (AvgIpc) is 3.23. The molecule has 12 heteroatoms. The summed E-state index contributed by atoms with van der Waals surface area (Å²) < 4.78 is 23.2. The monoisotopic (exact) mass is 503 g/mol. The number of rotatable bonds is 7. The standard InChI is InChI=1S/C25H26FN9O2/c1-4-37-16-7-5-6-15(10-16)35-25(29-30-31-35)34-13-18-19(14-34)23(18)33(3)24-28-21(11-22(36)32(24)2)17-8-9-27-12-20(17)26/h5-12,18-19,23H,4,13-14H2,1-3H3/t18-,19+,23+. The summed E-state index contributed by atoms with van der Waals surface area (Å²) in [5.74, 6) is 2.16. The van der Waals surface area contributed by atoms with Crippen molar-refractivity contribution in [3.05, 3.63) is 65.0 Å². The van der Waals surface area contributed by atoms with Gasteiger partial charge in [0, 0.05) is 69.0 Å². The van der Waals surface area contributed by atoms with Crippen molar-refractivity contribution >= 4 is 11.9 Å². The van der Waals surface area contributed by atoms with E-state index in [2.05, 4.69) is 30.4 Å². The highest BCUT2D eigenvalue weighted by Crippen LogP contribution is 2.50. The minimum absolute atomic E-state index is 0.206. The zero-order chi connectivity index (χ0) is 25.7. The van der Waals surface area contributed by atoms with Gasteiger partial charge in [-0.05, 0) is 35.5 Å². The van der Waals surface area contributed by atoms with Crippen molar-refractivity contribution in [1.29, 1.82) is 0 Å². The largest absolute Gasteiger partial charge is 0.494 e. The Morgan fingerprint density at radius 3 is 2.76 bits per heavy atom. The van der Waals surface area contributed by atoms with E-state index in [1.165, 1.54) is 22.9 Å². The van der Waals surface area contributed by atoms with E-state index in [1.54, 1.807) is 11.7 Å². The van der Waals surface area contributed by atoms with Gasteiger partial charge in [-0.2, -0.15) is 4.68 Å². The highest BCUT2D eigenvalue weighted by Gasteiger charge is 2.59. The predicted molar refractivity (Wildman–Crippen MR) is 134 cm³/mol. The maximum atomic E-state index is 14.3. The van der Waals surface area contributed by atoms with Crippen LogP contribution in [0.15, 0.2) is 53.6 Å². The van der Waals surface area contributed by atoms with Crippen LogP contribution in [0.3, 0.4) is 0 Å². The fraction of sp³-hybridized carbons (Fsp3) is 0.360. The molecular weight excluding hydrogens is 477 g/mol. The summed E-state index contributed by atoms with van der Waals surface area (Å²) in [6.07, 6.45) is 2.61. The van der Waals surface area contributed by atoms with Gasteiger partial charge in [0.05, 0.1) is 24.2 Å². The lowest BCUT2D eigenvalue weighted by Gasteiger charge is -2.26. The van der Waals surface area contributed by atoms with E-state index in [-0.39, 0.29) is 17.2 Å². The van der Waals surface area contributed by atoms with E-state index in [4.69, 9.17) is 4.74 Å². The number of anilines is 2. The van der Waals surface area contributed by atoms with E-state index in [0.717, 1.165) is 30.7 Å². The van der Waals surface area contributed by atoms with E-state index in [9.17, 15) is 9.18 Å². The summed E-state index contributed by atoms with van der Waals surface area (Å²) in [5, 5.41) is 12.4. The lowest BCUT2D eigenvalue weighted by atomic mass is 10.2. The van der Waals surface area contributed by atoms with Crippen molar-refractivity contribution in [2.24, 2.45) is 18.9 Å². The van der Waals surface area contributed by atoms with Crippen LogP contribution in [-0.4, -0.2) is 67.5 Å². The van der Waals surface area contributed by atoms with Gasteiger partial charge in [0.2, 0.25) is 11.9 Å². The molecule has 0 unspecified atom stereocenters. The Kier molecular flexibility index (Phi) is 5.58. The van der Waals surface area contributed by atoms with Gasteiger partial charge in [0.1, 0.15) is 5.75 Å². The maximum absolute atomic E-state index is 14.3. The molecule has 0 bridgehead atoms. The third kappa shape index (κ3) is 3.98. The number of tetrazole rings is 1. The molecule has 6 rings (SSSR count).